The van der Waals surface area contributed by atoms with Gasteiger partial charge in [0.1, 0.15) is 0 Å². The van der Waals surface area contributed by atoms with Crippen LogP contribution in [0.2, 0.25) is 0 Å². The van der Waals surface area contributed by atoms with Gasteiger partial charge in [-0.1, -0.05) is 38.8 Å². The lowest BCUT2D eigenvalue weighted by Gasteiger charge is -2.32. The predicted octanol–water partition coefficient (Wildman–Crippen LogP) is 5.02. The lowest BCUT2D eigenvalue weighted by atomic mass is 9.72. The average Bonchev–Trinajstić information content (AvgIpc) is 3.31. The number of carbonyl (C=O) groups excluding carboxylic acids is 1. The van der Waals surface area contributed by atoms with Gasteiger partial charge < -0.3 is 10.3 Å². The summed E-state index contributed by atoms with van der Waals surface area (Å²) >= 11 is 0. The van der Waals surface area contributed by atoms with Crippen molar-refractivity contribution in [2.24, 2.45) is 0 Å². The lowest BCUT2D eigenvalue weighted by Crippen LogP contribution is -2.43. The highest BCUT2D eigenvalue weighted by atomic mass is 16.2. The SMILES string of the molecule is CCCC(CCC)(C(=O)NC)c1ccc2c3c([nH]c2c1)-c1[nH]ncc1CCCC3. The van der Waals surface area contributed by atoms with E-state index < -0.39 is 5.41 Å². The number of aryl methyl sites for hydroxylation is 2. The van der Waals surface area contributed by atoms with E-state index in [1.165, 1.54) is 35.0 Å². The lowest BCUT2D eigenvalue weighted by molar-refractivity contribution is -0.127. The first-order chi connectivity index (χ1) is 14.1. The van der Waals surface area contributed by atoms with Crippen molar-refractivity contribution >= 4 is 16.8 Å². The molecule has 3 aromatic rings. The number of aromatic amines is 2. The normalized spacial score (nSPS) is 14.2. The van der Waals surface area contributed by atoms with Gasteiger partial charge in [-0.15, -0.1) is 0 Å². The van der Waals surface area contributed by atoms with Gasteiger partial charge in [0.25, 0.3) is 0 Å². The Morgan fingerprint density at radius 1 is 1.14 bits per heavy atom. The number of nitrogens with one attached hydrogen (secondary N) is 3. The molecule has 5 heteroatoms. The molecule has 154 valence electrons. The van der Waals surface area contributed by atoms with Crippen LogP contribution in [-0.4, -0.2) is 28.1 Å². The van der Waals surface area contributed by atoms with Crippen molar-refractivity contribution in [1.29, 1.82) is 0 Å². The molecule has 0 spiro atoms. The van der Waals surface area contributed by atoms with Gasteiger partial charge in [0.2, 0.25) is 5.91 Å². The third-order valence-electron chi connectivity index (χ3n) is 6.56. The smallest absolute Gasteiger partial charge is 0.230 e. The van der Waals surface area contributed by atoms with Crippen LogP contribution in [0.1, 0.15) is 69.1 Å². The second-order valence-electron chi connectivity index (χ2n) is 8.38. The van der Waals surface area contributed by atoms with Crippen molar-refractivity contribution in [2.45, 2.75) is 70.6 Å². The third kappa shape index (κ3) is 3.26. The second-order valence-corrected chi connectivity index (χ2v) is 8.38. The molecule has 1 aliphatic rings. The Bertz CT molecular complexity index is 1010. The maximum atomic E-state index is 13.0. The summed E-state index contributed by atoms with van der Waals surface area (Å²) in [6.45, 7) is 4.32. The van der Waals surface area contributed by atoms with Crippen molar-refractivity contribution < 1.29 is 4.79 Å². The Labute approximate surface area is 172 Å². The number of carbonyl (C=O) groups is 1. The number of hydrogen-bond acceptors (Lipinski definition) is 2. The Balaban J connectivity index is 1.88. The summed E-state index contributed by atoms with van der Waals surface area (Å²) < 4.78 is 0. The summed E-state index contributed by atoms with van der Waals surface area (Å²) in [5.41, 5.74) is 6.72. The molecule has 0 unspecified atom stereocenters. The Morgan fingerprint density at radius 2 is 1.90 bits per heavy atom. The minimum atomic E-state index is -0.467. The molecule has 0 bridgehead atoms. The fourth-order valence-corrected chi connectivity index (χ4v) is 5.23. The van der Waals surface area contributed by atoms with Crippen LogP contribution in [-0.2, 0) is 23.1 Å². The number of aromatic nitrogens is 3. The Morgan fingerprint density at radius 3 is 2.62 bits per heavy atom. The third-order valence-corrected chi connectivity index (χ3v) is 6.56. The van der Waals surface area contributed by atoms with Crippen LogP contribution < -0.4 is 5.32 Å². The van der Waals surface area contributed by atoms with E-state index in [2.05, 4.69) is 52.5 Å². The second kappa shape index (κ2) is 8.05. The number of likely N-dealkylation sites (N-methyl/N-ethyl adjacent to an activating group) is 1. The Hall–Kier alpha value is -2.56. The van der Waals surface area contributed by atoms with Crippen LogP contribution in [0.25, 0.3) is 22.3 Å². The fourth-order valence-electron chi connectivity index (χ4n) is 5.23. The van der Waals surface area contributed by atoms with Gasteiger partial charge in [-0.25, -0.2) is 0 Å². The molecule has 5 nitrogen and oxygen atoms in total. The highest BCUT2D eigenvalue weighted by Gasteiger charge is 2.38. The van der Waals surface area contributed by atoms with Gasteiger partial charge in [0, 0.05) is 18.0 Å². The summed E-state index contributed by atoms with van der Waals surface area (Å²) in [6, 6.07) is 6.63. The first kappa shape index (κ1) is 19.7. The molecular formula is C24H32N4O. The molecule has 0 saturated heterocycles. The maximum Gasteiger partial charge on any atom is 0.230 e. The number of benzene rings is 1. The van der Waals surface area contributed by atoms with E-state index in [1.54, 1.807) is 7.05 Å². The van der Waals surface area contributed by atoms with E-state index in [0.29, 0.717) is 0 Å². The molecule has 2 heterocycles. The molecule has 1 aliphatic carbocycles. The molecule has 0 saturated carbocycles. The molecule has 0 radical (unpaired) electrons. The highest BCUT2D eigenvalue weighted by molar-refractivity contribution is 5.94. The van der Waals surface area contributed by atoms with Crippen molar-refractivity contribution in [3.05, 3.63) is 41.1 Å². The van der Waals surface area contributed by atoms with Gasteiger partial charge >= 0.3 is 0 Å². The largest absolute Gasteiger partial charge is 0.358 e. The monoisotopic (exact) mass is 392 g/mol. The molecular weight excluding hydrogens is 360 g/mol. The van der Waals surface area contributed by atoms with Crippen LogP contribution >= 0.6 is 0 Å². The van der Waals surface area contributed by atoms with Gasteiger partial charge in [0.15, 0.2) is 0 Å². The topological polar surface area (TPSA) is 73.6 Å². The molecule has 4 rings (SSSR count). The van der Waals surface area contributed by atoms with E-state index in [-0.39, 0.29) is 5.91 Å². The summed E-state index contributed by atoms with van der Waals surface area (Å²) in [4.78, 5) is 16.7. The molecule has 0 atom stereocenters. The first-order valence-corrected chi connectivity index (χ1v) is 11.0. The minimum Gasteiger partial charge on any atom is -0.358 e. The van der Waals surface area contributed by atoms with Crippen molar-refractivity contribution in [2.75, 3.05) is 7.05 Å². The van der Waals surface area contributed by atoms with Crippen LogP contribution in [0, 0.1) is 0 Å². The fraction of sp³-hybridized carbons (Fsp3) is 0.500. The van der Waals surface area contributed by atoms with Crippen LogP contribution in [0.3, 0.4) is 0 Å². The summed E-state index contributed by atoms with van der Waals surface area (Å²) in [5, 5.41) is 11.7. The zero-order chi connectivity index (χ0) is 20.4. The number of rotatable bonds is 6. The van der Waals surface area contributed by atoms with Crippen LogP contribution in [0.15, 0.2) is 24.4 Å². The van der Waals surface area contributed by atoms with Crippen LogP contribution in [0.5, 0.6) is 0 Å². The summed E-state index contributed by atoms with van der Waals surface area (Å²) in [5.74, 6) is 0.126. The molecule has 0 fully saturated rings. The summed E-state index contributed by atoms with van der Waals surface area (Å²) in [7, 11) is 1.75. The van der Waals surface area contributed by atoms with Gasteiger partial charge in [-0.05, 0) is 61.3 Å². The Kier molecular flexibility index (Phi) is 5.48. The summed E-state index contributed by atoms with van der Waals surface area (Å²) in [6.07, 6.45) is 10.1. The quantitative estimate of drug-likeness (QED) is 0.551. The minimum absolute atomic E-state index is 0.126. The van der Waals surface area contributed by atoms with Gasteiger partial charge in [-0.2, -0.15) is 5.10 Å². The molecule has 2 aromatic heterocycles. The molecule has 0 aliphatic heterocycles. The van der Waals surface area contributed by atoms with Crippen LogP contribution in [0.4, 0.5) is 0 Å². The van der Waals surface area contributed by atoms with E-state index >= 15 is 0 Å². The van der Waals surface area contributed by atoms with Gasteiger partial charge in [0.05, 0.1) is 23.0 Å². The highest BCUT2D eigenvalue weighted by Crippen LogP contribution is 2.39. The predicted molar refractivity (Wildman–Crippen MR) is 118 cm³/mol. The standard InChI is InChI=1S/C24H32N4O/c1-4-12-24(13-5-2,23(29)25-3)17-10-11-18-19-9-7-6-8-16-15-26-28-21(16)22(19)27-20(18)14-17/h10-11,14-15,27H,4-9,12-13H2,1-3H3,(H,25,29)(H,26,28). The van der Waals surface area contributed by atoms with Crippen molar-refractivity contribution in [3.8, 4) is 11.4 Å². The molecule has 1 aromatic carbocycles. The number of nitrogens with zero attached hydrogens (tertiary/aromatic N) is 1. The molecule has 1 amide bonds. The van der Waals surface area contributed by atoms with E-state index in [4.69, 9.17) is 0 Å². The van der Waals surface area contributed by atoms with Gasteiger partial charge in [-0.3, -0.25) is 9.89 Å². The van der Waals surface area contributed by atoms with E-state index in [1.807, 2.05) is 6.20 Å². The molecule has 3 N–H and O–H groups in total. The van der Waals surface area contributed by atoms with Crippen molar-refractivity contribution in [1.82, 2.24) is 20.5 Å². The van der Waals surface area contributed by atoms with Crippen molar-refractivity contribution in [3.63, 3.8) is 0 Å². The zero-order valence-corrected chi connectivity index (χ0v) is 17.8. The van der Waals surface area contributed by atoms with E-state index in [9.17, 15) is 4.79 Å². The zero-order valence-electron chi connectivity index (χ0n) is 17.8. The number of fused-ring (bicyclic) bond motifs is 5. The number of H-pyrrole nitrogens is 2. The maximum absolute atomic E-state index is 13.0. The first-order valence-electron chi connectivity index (χ1n) is 11.0. The molecule has 29 heavy (non-hydrogen) atoms. The number of hydrogen-bond donors (Lipinski definition) is 3. The average molecular weight is 393 g/mol. The van der Waals surface area contributed by atoms with E-state index in [0.717, 1.165) is 55.3 Å². The number of amides is 1.